The molecule has 0 aromatic carbocycles. The summed E-state index contributed by atoms with van der Waals surface area (Å²) in [6, 6.07) is 0. The summed E-state index contributed by atoms with van der Waals surface area (Å²) >= 11 is 2.00. The summed E-state index contributed by atoms with van der Waals surface area (Å²) in [5, 5.41) is 0. The van der Waals surface area contributed by atoms with Crippen LogP contribution in [0.15, 0.2) is 11.1 Å². The zero-order chi connectivity index (χ0) is 14.0. The van der Waals surface area contributed by atoms with E-state index in [0.717, 1.165) is 6.42 Å². The molecule has 3 unspecified atom stereocenters. The highest BCUT2D eigenvalue weighted by atomic mass is 127. The van der Waals surface area contributed by atoms with Crippen molar-refractivity contribution in [2.24, 2.45) is 17.8 Å². The average Bonchev–Trinajstić information content (AvgIpc) is 2.35. The van der Waals surface area contributed by atoms with Crippen molar-refractivity contribution in [3.63, 3.8) is 0 Å². The van der Waals surface area contributed by atoms with Crippen LogP contribution in [0.25, 0.3) is 0 Å². The van der Waals surface area contributed by atoms with Crippen LogP contribution in [-0.2, 0) is 0 Å². The van der Waals surface area contributed by atoms with E-state index in [4.69, 9.17) is 4.74 Å². The number of ether oxygens (including phenoxy) is 1. The third kappa shape index (κ3) is 3.49. The van der Waals surface area contributed by atoms with Gasteiger partial charge in [0.05, 0.1) is 6.33 Å². The van der Waals surface area contributed by atoms with Crippen LogP contribution in [0.5, 0.6) is 5.88 Å². The molecule has 1 aliphatic carbocycles. The number of rotatable bonds is 3. The molecule has 1 aromatic rings. The fourth-order valence-corrected chi connectivity index (χ4v) is 3.26. The van der Waals surface area contributed by atoms with Crippen molar-refractivity contribution in [1.82, 2.24) is 9.97 Å². The van der Waals surface area contributed by atoms with Gasteiger partial charge in [0, 0.05) is 0 Å². The highest BCUT2D eigenvalue weighted by Gasteiger charge is 2.33. The number of hydrogen-bond donors (Lipinski definition) is 1. The summed E-state index contributed by atoms with van der Waals surface area (Å²) in [5.41, 5.74) is -0.129. The Labute approximate surface area is 127 Å². The van der Waals surface area contributed by atoms with Crippen LogP contribution in [0.1, 0.15) is 40.0 Å². The molecule has 5 heteroatoms. The van der Waals surface area contributed by atoms with Gasteiger partial charge in [-0.15, -0.1) is 0 Å². The van der Waals surface area contributed by atoms with E-state index in [1.807, 2.05) is 22.6 Å². The molecule has 1 saturated carbocycles. The van der Waals surface area contributed by atoms with Gasteiger partial charge in [-0.25, -0.2) is 4.98 Å². The molecular weight excluding hydrogens is 355 g/mol. The number of H-pyrrole nitrogens is 1. The summed E-state index contributed by atoms with van der Waals surface area (Å²) in [6.45, 7) is 6.75. The summed E-state index contributed by atoms with van der Waals surface area (Å²) in [6.07, 6.45) is 5.10. The first-order chi connectivity index (χ1) is 8.99. The number of hydrogen-bond acceptors (Lipinski definition) is 3. The minimum atomic E-state index is -0.129. The Hall–Kier alpha value is -0.590. The fourth-order valence-electron chi connectivity index (χ4n) is 2.84. The van der Waals surface area contributed by atoms with E-state index in [0.29, 0.717) is 27.2 Å². The molecule has 0 saturated heterocycles. The molecule has 0 amide bonds. The highest BCUT2D eigenvalue weighted by molar-refractivity contribution is 14.1. The van der Waals surface area contributed by atoms with Gasteiger partial charge >= 0.3 is 0 Å². The molecule has 106 valence electrons. The van der Waals surface area contributed by atoms with Crippen molar-refractivity contribution < 1.29 is 4.74 Å². The lowest BCUT2D eigenvalue weighted by molar-refractivity contribution is 0.0417. The highest BCUT2D eigenvalue weighted by Crippen LogP contribution is 2.35. The molecule has 0 spiro atoms. The normalized spacial score (nSPS) is 27.5. The minimum Gasteiger partial charge on any atom is -0.473 e. The maximum Gasteiger partial charge on any atom is 0.268 e. The maximum absolute atomic E-state index is 11.6. The Kier molecular flexibility index (Phi) is 4.86. The lowest BCUT2D eigenvalue weighted by Gasteiger charge is -2.37. The number of aromatic nitrogens is 2. The van der Waals surface area contributed by atoms with E-state index >= 15 is 0 Å². The van der Waals surface area contributed by atoms with Crippen molar-refractivity contribution >= 4 is 22.6 Å². The topological polar surface area (TPSA) is 55.0 Å². The van der Waals surface area contributed by atoms with Gasteiger partial charge in [0.2, 0.25) is 5.88 Å². The van der Waals surface area contributed by atoms with Crippen LogP contribution in [0.2, 0.25) is 0 Å². The Morgan fingerprint density at radius 1 is 1.47 bits per heavy atom. The Bertz CT molecular complexity index is 487. The van der Waals surface area contributed by atoms with Crippen molar-refractivity contribution in [3.8, 4) is 5.88 Å². The minimum absolute atomic E-state index is 0.129. The van der Waals surface area contributed by atoms with Gasteiger partial charge in [-0.3, -0.25) is 4.79 Å². The fraction of sp³-hybridized carbons (Fsp3) is 0.714. The molecule has 4 nitrogen and oxygen atoms in total. The molecule has 1 heterocycles. The van der Waals surface area contributed by atoms with E-state index in [1.54, 1.807) is 0 Å². The molecule has 0 radical (unpaired) electrons. The van der Waals surface area contributed by atoms with Crippen molar-refractivity contribution in [2.75, 3.05) is 0 Å². The first-order valence-corrected chi connectivity index (χ1v) is 7.96. The van der Waals surface area contributed by atoms with Gasteiger partial charge in [0.25, 0.3) is 5.56 Å². The van der Waals surface area contributed by atoms with Crippen LogP contribution in [0, 0.1) is 21.3 Å². The van der Waals surface area contributed by atoms with Crippen LogP contribution in [0.4, 0.5) is 0 Å². The van der Waals surface area contributed by atoms with E-state index in [9.17, 15) is 4.79 Å². The average molecular weight is 376 g/mol. The number of nitrogens with zero attached hydrogens (tertiary/aromatic N) is 1. The Morgan fingerprint density at radius 3 is 2.89 bits per heavy atom. The molecule has 1 fully saturated rings. The van der Waals surface area contributed by atoms with Gasteiger partial charge in [-0.2, -0.15) is 0 Å². The lowest BCUT2D eigenvalue weighted by atomic mass is 9.75. The van der Waals surface area contributed by atoms with Crippen LogP contribution in [0.3, 0.4) is 0 Å². The molecule has 1 aromatic heterocycles. The van der Waals surface area contributed by atoms with Crippen LogP contribution < -0.4 is 10.3 Å². The SMILES string of the molecule is CC1CCC(C(C)C)C(Oc2nc[nH]c(=O)c2I)C1. The molecular formula is C14H21IN2O2. The zero-order valence-electron chi connectivity index (χ0n) is 11.6. The lowest BCUT2D eigenvalue weighted by Crippen LogP contribution is -2.37. The summed E-state index contributed by atoms with van der Waals surface area (Å²) < 4.78 is 6.62. The third-order valence-electron chi connectivity index (χ3n) is 3.99. The Morgan fingerprint density at radius 2 is 2.21 bits per heavy atom. The molecule has 0 bridgehead atoms. The van der Waals surface area contributed by atoms with Gasteiger partial charge in [-0.1, -0.05) is 27.2 Å². The summed E-state index contributed by atoms with van der Waals surface area (Å²) in [7, 11) is 0. The second kappa shape index (κ2) is 6.24. The zero-order valence-corrected chi connectivity index (χ0v) is 13.8. The maximum atomic E-state index is 11.6. The molecule has 1 N–H and O–H groups in total. The first kappa shape index (κ1) is 14.8. The summed E-state index contributed by atoms with van der Waals surface area (Å²) in [4.78, 5) is 18.3. The molecule has 19 heavy (non-hydrogen) atoms. The van der Waals surface area contributed by atoms with Gasteiger partial charge in [0.1, 0.15) is 9.67 Å². The van der Waals surface area contributed by atoms with E-state index < -0.39 is 0 Å². The van der Waals surface area contributed by atoms with Crippen LogP contribution in [-0.4, -0.2) is 16.1 Å². The van der Waals surface area contributed by atoms with Crippen LogP contribution >= 0.6 is 22.6 Å². The van der Waals surface area contributed by atoms with Gasteiger partial charge in [-0.05, 0) is 53.2 Å². The molecule has 2 rings (SSSR count). The molecule has 1 aliphatic rings. The van der Waals surface area contributed by atoms with Gasteiger partial charge in [0.15, 0.2) is 0 Å². The largest absolute Gasteiger partial charge is 0.473 e. The smallest absolute Gasteiger partial charge is 0.268 e. The van der Waals surface area contributed by atoms with Crippen molar-refractivity contribution in [2.45, 2.75) is 46.1 Å². The summed E-state index contributed by atoms with van der Waals surface area (Å²) in [5.74, 6) is 2.30. The van der Waals surface area contributed by atoms with Gasteiger partial charge < -0.3 is 9.72 Å². The number of halogens is 1. The van der Waals surface area contributed by atoms with E-state index in [1.165, 1.54) is 19.2 Å². The molecule has 0 aliphatic heterocycles. The second-order valence-electron chi connectivity index (χ2n) is 5.83. The first-order valence-electron chi connectivity index (χ1n) is 6.89. The quantitative estimate of drug-likeness (QED) is 0.825. The Balaban J connectivity index is 2.19. The number of aromatic amines is 1. The predicted molar refractivity (Wildman–Crippen MR) is 83.3 cm³/mol. The molecule has 3 atom stereocenters. The van der Waals surface area contributed by atoms with E-state index in [-0.39, 0.29) is 11.7 Å². The van der Waals surface area contributed by atoms with Crippen molar-refractivity contribution in [3.05, 3.63) is 20.3 Å². The van der Waals surface area contributed by atoms with Crippen molar-refractivity contribution in [1.29, 1.82) is 0 Å². The second-order valence-corrected chi connectivity index (χ2v) is 6.91. The predicted octanol–water partition coefficient (Wildman–Crippen LogP) is 3.21. The number of nitrogens with one attached hydrogen (secondary N) is 1. The third-order valence-corrected chi connectivity index (χ3v) is 4.94. The standard InChI is InChI=1S/C14H21IN2O2/c1-8(2)10-5-4-9(3)6-11(10)19-14-12(15)13(18)16-7-17-14/h7-11H,4-6H2,1-3H3,(H,16,17,18). The van der Waals surface area contributed by atoms with E-state index in [2.05, 4.69) is 30.7 Å². The monoisotopic (exact) mass is 376 g/mol.